The predicted molar refractivity (Wildman–Crippen MR) is 204 cm³/mol. The third-order valence-electron chi connectivity index (χ3n) is 10.6. The molecule has 0 spiro atoms. The summed E-state index contributed by atoms with van der Waals surface area (Å²) in [4.78, 5) is 28.7. The van der Waals surface area contributed by atoms with Crippen LogP contribution in [0, 0.1) is 27.7 Å². The number of aryl methyl sites for hydroxylation is 6. The van der Waals surface area contributed by atoms with E-state index >= 15 is 4.79 Å². The first-order valence-corrected chi connectivity index (χ1v) is 18.2. The molecule has 54 heavy (non-hydrogen) atoms. The number of nitrogens with zero attached hydrogens (tertiary/aromatic N) is 5. The number of aromatic carboxylic acids is 1. The molecular weight excluding hydrogens is 742 g/mol. The minimum absolute atomic E-state index is 0.00233. The Morgan fingerprint density at radius 1 is 1.02 bits per heavy atom. The molecule has 282 valence electrons. The molecule has 0 bridgehead atoms. The molecule has 1 aliphatic rings. The molecule has 1 aliphatic heterocycles. The quantitative estimate of drug-likeness (QED) is 0.0943. The fourth-order valence-corrected chi connectivity index (χ4v) is 8.35. The number of hydrogen-bond acceptors (Lipinski definition) is 4. The first-order chi connectivity index (χ1) is 25.4. The molecule has 1 unspecified atom stereocenters. The summed E-state index contributed by atoms with van der Waals surface area (Å²) in [6.07, 6.45) is -3.81. The van der Waals surface area contributed by atoms with Crippen LogP contribution in [0.2, 0.25) is 5.02 Å². The molecule has 4 heterocycles. The number of aromatic nitrogens is 4. The van der Waals surface area contributed by atoms with E-state index in [4.69, 9.17) is 27.9 Å². The molecule has 14 heteroatoms. The van der Waals surface area contributed by atoms with Gasteiger partial charge < -0.3 is 19.0 Å². The Balaban J connectivity index is 1.42. The summed E-state index contributed by atoms with van der Waals surface area (Å²) in [5, 5.41) is 16.2. The summed E-state index contributed by atoms with van der Waals surface area (Å²) in [6.45, 7) is 9.89. The second-order valence-electron chi connectivity index (χ2n) is 14.0. The molecule has 3 aromatic heterocycles. The maximum absolute atomic E-state index is 15.1. The lowest BCUT2D eigenvalue weighted by molar-refractivity contribution is -0.142. The van der Waals surface area contributed by atoms with Crippen LogP contribution in [0.3, 0.4) is 0 Å². The highest BCUT2D eigenvalue weighted by Crippen LogP contribution is 2.47. The number of rotatable bonds is 8. The molecule has 9 nitrogen and oxygen atoms in total. The molecule has 3 aromatic carbocycles. The van der Waals surface area contributed by atoms with Gasteiger partial charge in [-0.05, 0) is 94.5 Å². The van der Waals surface area contributed by atoms with E-state index in [0.717, 1.165) is 60.7 Å². The Morgan fingerprint density at radius 2 is 1.70 bits per heavy atom. The topological polar surface area (TPSA) is 94.5 Å². The molecule has 0 aliphatic carbocycles. The second kappa shape index (κ2) is 13.4. The van der Waals surface area contributed by atoms with E-state index in [1.54, 1.807) is 4.68 Å². The highest BCUT2D eigenvalue weighted by atomic mass is 35.5. The maximum atomic E-state index is 15.1. The number of hydrogen-bond donors (Lipinski definition) is 1. The first kappa shape index (κ1) is 37.4. The summed E-state index contributed by atoms with van der Waals surface area (Å²) >= 11 is 13.6. The van der Waals surface area contributed by atoms with Gasteiger partial charge in [0.2, 0.25) is 0 Å². The molecule has 0 saturated heterocycles. The Hall–Kier alpha value is -4.94. The van der Waals surface area contributed by atoms with E-state index in [9.17, 15) is 23.1 Å². The van der Waals surface area contributed by atoms with Crippen LogP contribution in [0.25, 0.3) is 32.9 Å². The number of carboxylic acids is 1. The number of fused-ring (bicyclic) bond motifs is 4. The SMILES string of the molecule is Cc1cc(OCCCc2c3n(c4c(-c5c(C)nn(C)c5C)cccc24)[C@H](C)C(Cl)N(c2cc(C(=O)O)cc4c2cc(C(F)(F)F)n4C)C3=O)cc(C)c1Cl. The summed E-state index contributed by atoms with van der Waals surface area (Å²) < 4.78 is 53.3. The van der Waals surface area contributed by atoms with Gasteiger partial charge in [0.25, 0.3) is 5.91 Å². The van der Waals surface area contributed by atoms with Crippen molar-refractivity contribution in [3.05, 3.63) is 98.6 Å². The molecule has 2 atom stereocenters. The van der Waals surface area contributed by atoms with Gasteiger partial charge >= 0.3 is 12.1 Å². The lowest BCUT2D eigenvalue weighted by Crippen LogP contribution is -2.48. The molecule has 6 aromatic rings. The van der Waals surface area contributed by atoms with Crippen molar-refractivity contribution in [1.29, 1.82) is 0 Å². The minimum Gasteiger partial charge on any atom is -0.494 e. The van der Waals surface area contributed by atoms with E-state index in [1.807, 2.05) is 76.6 Å². The van der Waals surface area contributed by atoms with Gasteiger partial charge in [0.05, 0.1) is 40.6 Å². The zero-order valence-corrected chi connectivity index (χ0v) is 32.2. The molecule has 1 N–H and O–H groups in total. The lowest BCUT2D eigenvalue weighted by Gasteiger charge is -2.39. The molecule has 0 radical (unpaired) electrons. The van der Waals surface area contributed by atoms with Crippen molar-refractivity contribution in [3.8, 4) is 16.9 Å². The first-order valence-electron chi connectivity index (χ1n) is 17.4. The number of alkyl halides is 4. The smallest absolute Gasteiger partial charge is 0.431 e. The fourth-order valence-electron chi connectivity index (χ4n) is 7.93. The largest absolute Gasteiger partial charge is 0.494 e. The summed E-state index contributed by atoms with van der Waals surface area (Å²) in [5.74, 6) is -1.24. The number of carboxylic acid groups (broad SMARTS) is 1. The zero-order chi connectivity index (χ0) is 39.1. The van der Waals surface area contributed by atoms with Crippen molar-refractivity contribution < 1.29 is 32.6 Å². The highest BCUT2D eigenvalue weighted by molar-refractivity contribution is 6.32. The predicted octanol–water partition coefficient (Wildman–Crippen LogP) is 9.94. The third-order valence-corrected chi connectivity index (χ3v) is 11.7. The van der Waals surface area contributed by atoms with Gasteiger partial charge in [-0.3, -0.25) is 14.4 Å². The third kappa shape index (κ3) is 5.90. The Morgan fingerprint density at radius 3 is 2.31 bits per heavy atom. The Labute approximate surface area is 319 Å². The van der Waals surface area contributed by atoms with Crippen LogP contribution in [-0.2, 0) is 26.7 Å². The Kier molecular flexibility index (Phi) is 9.29. The number of benzene rings is 3. The number of carbonyl (C=O) groups is 2. The molecule has 0 saturated carbocycles. The van der Waals surface area contributed by atoms with Gasteiger partial charge in [0.1, 0.15) is 22.6 Å². The highest BCUT2D eigenvalue weighted by Gasteiger charge is 2.43. The number of halogens is 5. The summed E-state index contributed by atoms with van der Waals surface area (Å²) in [6, 6.07) is 12.3. The van der Waals surface area contributed by atoms with Crippen LogP contribution in [0.4, 0.5) is 18.9 Å². The van der Waals surface area contributed by atoms with Gasteiger partial charge in [-0.2, -0.15) is 18.3 Å². The van der Waals surface area contributed by atoms with E-state index < -0.39 is 35.3 Å². The van der Waals surface area contributed by atoms with Crippen molar-refractivity contribution in [1.82, 2.24) is 18.9 Å². The van der Waals surface area contributed by atoms with Crippen LogP contribution in [0.1, 0.15) is 74.0 Å². The van der Waals surface area contributed by atoms with Crippen LogP contribution in [0.5, 0.6) is 5.75 Å². The van der Waals surface area contributed by atoms with E-state index in [2.05, 4.69) is 5.10 Å². The monoisotopic (exact) mass is 779 g/mol. The van der Waals surface area contributed by atoms with Crippen LogP contribution >= 0.6 is 23.2 Å². The zero-order valence-electron chi connectivity index (χ0n) is 30.7. The fraction of sp³-hybridized carbons (Fsp3) is 0.325. The number of carbonyl (C=O) groups excluding carboxylic acids is 1. The minimum atomic E-state index is -4.74. The van der Waals surface area contributed by atoms with Gasteiger partial charge in [-0.25, -0.2) is 4.79 Å². The second-order valence-corrected chi connectivity index (χ2v) is 14.8. The molecule has 1 amide bonds. The number of para-hydroxylation sites is 1. The van der Waals surface area contributed by atoms with Gasteiger partial charge in [0.15, 0.2) is 0 Å². The molecule has 0 fully saturated rings. The standard InChI is InChI=1S/C40H38Cl2F3N5O4/c1-19-14-25(15-20(2)34(19)41)54-13-9-12-27-26-10-8-11-28(33-21(3)46-48(7)22(33)4)35(26)49-23(5)37(42)50(38(51)36(27)49)31-17-24(39(52)53)16-30-29(31)18-32(47(30)6)40(43,44)45/h8,10-11,14-18,23,37H,9,12-13H2,1-7H3,(H,52,53)/t23-,37?/m1/s1. The van der Waals surface area contributed by atoms with Crippen LogP contribution in [0.15, 0.2) is 48.5 Å². The number of ether oxygens (including phenoxy) is 1. The van der Waals surface area contributed by atoms with E-state index in [1.165, 1.54) is 24.1 Å². The van der Waals surface area contributed by atoms with E-state index in [0.29, 0.717) is 35.9 Å². The van der Waals surface area contributed by atoms with Crippen molar-refractivity contribution in [2.45, 2.75) is 65.2 Å². The number of anilines is 1. The lowest BCUT2D eigenvalue weighted by atomic mass is 9.98. The average Bonchev–Trinajstić information content (AvgIpc) is 3.72. The summed E-state index contributed by atoms with van der Waals surface area (Å²) in [5.41, 5.74) is 4.71. The molecule has 7 rings (SSSR count). The van der Waals surface area contributed by atoms with Gasteiger partial charge in [-0.1, -0.05) is 41.4 Å². The molecular formula is C40H38Cl2F3N5O4. The van der Waals surface area contributed by atoms with Crippen molar-refractivity contribution in [2.24, 2.45) is 14.1 Å². The van der Waals surface area contributed by atoms with Crippen LogP contribution in [-0.4, -0.2) is 48.0 Å². The van der Waals surface area contributed by atoms with Crippen molar-refractivity contribution in [3.63, 3.8) is 0 Å². The van der Waals surface area contributed by atoms with Gasteiger partial charge in [-0.15, -0.1) is 0 Å². The van der Waals surface area contributed by atoms with Crippen molar-refractivity contribution >= 4 is 62.6 Å². The Bertz CT molecular complexity index is 2510. The van der Waals surface area contributed by atoms with Gasteiger partial charge in [0, 0.05) is 46.7 Å². The average molecular weight is 781 g/mol. The van der Waals surface area contributed by atoms with Crippen molar-refractivity contribution in [2.75, 3.05) is 11.5 Å². The maximum Gasteiger partial charge on any atom is 0.431 e. The number of amides is 1. The normalized spacial score (nSPS) is 16.1. The van der Waals surface area contributed by atoms with E-state index in [-0.39, 0.29) is 22.2 Å². The van der Waals surface area contributed by atoms with Crippen LogP contribution < -0.4 is 9.64 Å². The summed E-state index contributed by atoms with van der Waals surface area (Å²) in [7, 11) is 3.08.